The van der Waals surface area contributed by atoms with E-state index < -0.39 is 20.8 Å². The van der Waals surface area contributed by atoms with Gasteiger partial charge in [0.25, 0.3) is 10.0 Å². The number of aromatic nitrogens is 2. The molecule has 0 spiro atoms. The predicted molar refractivity (Wildman–Crippen MR) is 65.6 cm³/mol. The molecule has 9 heteroatoms. The minimum atomic E-state index is -3.84. The molecule has 1 aromatic carbocycles. The van der Waals surface area contributed by atoms with E-state index in [9.17, 15) is 18.5 Å². The summed E-state index contributed by atoms with van der Waals surface area (Å²) in [5.74, 6) is -0.518. The SMILES string of the molecule is O=[N+]([O-])c1cn(S(=O)(=O)c2ccc(Br)cc2)cn1. The molecule has 0 amide bonds. The molecule has 0 radical (unpaired) electrons. The number of nitro groups is 1. The third-order valence-corrected chi connectivity index (χ3v) is 4.27. The van der Waals surface area contributed by atoms with Crippen LogP contribution in [0.3, 0.4) is 0 Å². The average Bonchev–Trinajstić information content (AvgIpc) is 2.79. The van der Waals surface area contributed by atoms with Crippen molar-refractivity contribution < 1.29 is 13.3 Å². The molecule has 7 nitrogen and oxygen atoms in total. The van der Waals surface area contributed by atoms with Crippen molar-refractivity contribution in [3.05, 3.63) is 51.4 Å². The lowest BCUT2D eigenvalue weighted by atomic mass is 10.4. The summed E-state index contributed by atoms with van der Waals surface area (Å²) in [6, 6.07) is 5.92. The van der Waals surface area contributed by atoms with Gasteiger partial charge in [0.2, 0.25) is 6.33 Å². The lowest BCUT2D eigenvalue weighted by molar-refractivity contribution is -0.389. The molecule has 0 aliphatic heterocycles. The van der Waals surface area contributed by atoms with E-state index in [1.165, 1.54) is 12.1 Å². The molecule has 18 heavy (non-hydrogen) atoms. The first-order chi connectivity index (χ1) is 8.41. The molecule has 0 saturated carbocycles. The standard InChI is InChI=1S/C9H6BrN3O4S/c10-7-1-3-8(4-2-7)18(16,17)12-5-9(11-6-12)13(14)15/h1-6H. The maximum atomic E-state index is 12.1. The molecular weight excluding hydrogens is 326 g/mol. The highest BCUT2D eigenvalue weighted by atomic mass is 79.9. The monoisotopic (exact) mass is 331 g/mol. The topological polar surface area (TPSA) is 95.1 Å². The minimum Gasteiger partial charge on any atom is -0.358 e. The van der Waals surface area contributed by atoms with Crippen LogP contribution >= 0.6 is 15.9 Å². The van der Waals surface area contributed by atoms with Crippen molar-refractivity contribution in [1.29, 1.82) is 0 Å². The zero-order valence-corrected chi connectivity index (χ0v) is 11.1. The van der Waals surface area contributed by atoms with E-state index in [1.807, 2.05) is 0 Å². The Labute approximate surface area is 110 Å². The molecule has 0 unspecified atom stereocenters. The number of imidazole rings is 1. The fraction of sp³-hybridized carbons (Fsp3) is 0. The number of nitrogens with zero attached hydrogens (tertiary/aromatic N) is 3. The summed E-state index contributed by atoms with van der Waals surface area (Å²) in [6.45, 7) is 0. The highest BCUT2D eigenvalue weighted by molar-refractivity contribution is 9.10. The van der Waals surface area contributed by atoms with Gasteiger partial charge in [0.1, 0.15) is 6.20 Å². The fourth-order valence-electron chi connectivity index (χ4n) is 1.25. The number of halogens is 1. The van der Waals surface area contributed by atoms with Crippen molar-refractivity contribution in [2.45, 2.75) is 4.90 Å². The third-order valence-electron chi connectivity index (χ3n) is 2.12. The van der Waals surface area contributed by atoms with Crippen LogP contribution in [-0.2, 0) is 10.0 Å². The number of rotatable bonds is 3. The molecule has 2 aromatic rings. The lowest BCUT2D eigenvalue weighted by Gasteiger charge is -2.03. The van der Waals surface area contributed by atoms with Gasteiger partial charge >= 0.3 is 5.82 Å². The van der Waals surface area contributed by atoms with Crippen molar-refractivity contribution in [2.75, 3.05) is 0 Å². The van der Waals surface area contributed by atoms with Gasteiger partial charge < -0.3 is 10.1 Å². The van der Waals surface area contributed by atoms with Crippen molar-refractivity contribution >= 4 is 31.8 Å². The first-order valence-corrected chi connectivity index (χ1v) is 6.84. The fourth-order valence-corrected chi connectivity index (χ4v) is 2.64. The molecule has 0 N–H and O–H groups in total. The molecule has 0 saturated heterocycles. The van der Waals surface area contributed by atoms with Crippen LogP contribution in [0.5, 0.6) is 0 Å². The Kier molecular flexibility index (Phi) is 3.18. The van der Waals surface area contributed by atoms with Crippen molar-refractivity contribution in [1.82, 2.24) is 8.96 Å². The number of hydrogen-bond acceptors (Lipinski definition) is 5. The van der Waals surface area contributed by atoms with Gasteiger partial charge in [-0.3, -0.25) is 0 Å². The van der Waals surface area contributed by atoms with E-state index >= 15 is 0 Å². The lowest BCUT2D eigenvalue weighted by Crippen LogP contribution is -2.10. The Morgan fingerprint density at radius 2 is 1.89 bits per heavy atom. The van der Waals surface area contributed by atoms with Crippen LogP contribution in [0, 0.1) is 10.1 Å². The zero-order chi connectivity index (χ0) is 13.3. The molecule has 0 fully saturated rings. The van der Waals surface area contributed by atoms with Gasteiger partial charge in [-0.05, 0) is 34.2 Å². The van der Waals surface area contributed by atoms with Crippen LogP contribution in [0.4, 0.5) is 5.82 Å². The van der Waals surface area contributed by atoms with Crippen LogP contribution in [0.25, 0.3) is 0 Å². The Balaban J connectivity index is 2.47. The predicted octanol–water partition coefficient (Wildman–Crippen LogP) is 1.79. The Morgan fingerprint density at radius 1 is 1.28 bits per heavy atom. The summed E-state index contributed by atoms with van der Waals surface area (Å²) < 4.78 is 25.6. The Hall–Kier alpha value is -1.74. The van der Waals surface area contributed by atoms with Gasteiger partial charge in [-0.15, -0.1) is 0 Å². The van der Waals surface area contributed by atoms with Gasteiger partial charge in [-0.25, -0.2) is 12.4 Å². The summed E-state index contributed by atoms with van der Waals surface area (Å²) in [4.78, 5) is 13.1. The van der Waals surface area contributed by atoms with E-state index in [0.717, 1.165) is 17.0 Å². The summed E-state index contributed by atoms with van der Waals surface area (Å²) in [7, 11) is -3.84. The third kappa shape index (κ3) is 2.27. The number of hydrogen-bond donors (Lipinski definition) is 0. The summed E-state index contributed by atoms with van der Waals surface area (Å²) >= 11 is 3.19. The van der Waals surface area contributed by atoms with Crippen LogP contribution in [0.1, 0.15) is 0 Å². The van der Waals surface area contributed by atoms with Gasteiger partial charge in [0.05, 0.1) is 4.90 Å². The summed E-state index contributed by atoms with van der Waals surface area (Å²) in [6.07, 6.45) is 1.76. The van der Waals surface area contributed by atoms with Crippen molar-refractivity contribution in [2.24, 2.45) is 0 Å². The van der Waals surface area contributed by atoms with E-state index in [2.05, 4.69) is 20.9 Å². The molecule has 0 aliphatic rings. The average molecular weight is 332 g/mol. The molecule has 0 aliphatic carbocycles. The highest BCUT2D eigenvalue weighted by Crippen LogP contribution is 2.18. The Morgan fingerprint density at radius 3 is 2.39 bits per heavy atom. The molecule has 0 bridgehead atoms. The van der Waals surface area contributed by atoms with Gasteiger partial charge in [-0.1, -0.05) is 15.9 Å². The second-order valence-corrected chi connectivity index (χ2v) is 6.04. The quantitative estimate of drug-likeness (QED) is 0.631. The first-order valence-electron chi connectivity index (χ1n) is 4.61. The normalized spacial score (nSPS) is 11.4. The van der Waals surface area contributed by atoms with Crippen LogP contribution in [0.2, 0.25) is 0 Å². The Bertz CT molecular complexity index is 693. The van der Waals surface area contributed by atoms with E-state index in [0.29, 0.717) is 3.97 Å². The second kappa shape index (κ2) is 4.50. The first kappa shape index (κ1) is 12.7. The highest BCUT2D eigenvalue weighted by Gasteiger charge is 2.21. The molecule has 2 rings (SSSR count). The van der Waals surface area contributed by atoms with Crippen molar-refractivity contribution in [3.63, 3.8) is 0 Å². The molecule has 1 aromatic heterocycles. The molecule has 94 valence electrons. The maximum Gasteiger partial charge on any atom is 0.382 e. The molecular formula is C9H6BrN3O4S. The van der Waals surface area contributed by atoms with E-state index in [1.54, 1.807) is 12.1 Å². The van der Waals surface area contributed by atoms with Crippen LogP contribution in [-0.4, -0.2) is 22.3 Å². The van der Waals surface area contributed by atoms with E-state index in [4.69, 9.17) is 0 Å². The number of benzene rings is 1. The van der Waals surface area contributed by atoms with Gasteiger partial charge in [-0.2, -0.15) is 0 Å². The largest absolute Gasteiger partial charge is 0.382 e. The zero-order valence-electron chi connectivity index (χ0n) is 8.72. The van der Waals surface area contributed by atoms with E-state index in [-0.39, 0.29) is 4.90 Å². The minimum absolute atomic E-state index is 0.0259. The summed E-state index contributed by atoms with van der Waals surface area (Å²) in [5.41, 5.74) is 0. The molecule has 1 heterocycles. The van der Waals surface area contributed by atoms with Crippen molar-refractivity contribution in [3.8, 4) is 0 Å². The van der Waals surface area contributed by atoms with Crippen LogP contribution in [0.15, 0.2) is 46.2 Å². The van der Waals surface area contributed by atoms with Gasteiger partial charge in [0, 0.05) is 4.47 Å². The second-order valence-electron chi connectivity index (χ2n) is 3.28. The summed E-state index contributed by atoms with van der Waals surface area (Å²) in [5, 5.41) is 10.5. The maximum absolute atomic E-state index is 12.1. The van der Waals surface area contributed by atoms with Crippen LogP contribution < -0.4 is 0 Å². The molecule has 0 atom stereocenters. The van der Waals surface area contributed by atoms with Gasteiger partial charge in [0.15, 0.2) is 0 Å². The smallest absolute Gasteiger partial charge is 0.358 e.